The van der Waals surface area contributed by atoms with Crippen LogP contribution in [0.4, 0.5) is 0 Å². The molecule has 22 heavy (non-hydrogen) atoms. The summed E-state index contributed by atoms with van der Waals surface area (Å²) in [5.74, 6) is 0.605. The lowest BCUT2D eigenvalue weighted by Gasteiger charge is -2.43. The maximum absolute atomic E-state index is 10.8. The maximum atomic E-state index is 10.8. The van der Waals surface area contributed by atoms with E-state index in [2.05, 4.69) is 24.8 Å². The fraction of sp³-hybridized carbons (Fsp3) is 0.556. The predicted octanol–water partition coefficient (Wildman–Crippen LogP) is 2.82. The molecule has 0 aliphatic carbocycles. The standard InChI is InChI=1S/C18H27N2O2/c1-18(2,10-4-7-17(19)22)20-11-8-14(9-12-20)15-5-3-6-16(21)13-15/h3-6,13-14,21H,7-12H2,1-2H3,(H2,19,22). The van der Waals surface area contributed by atoms with Crippen LogP contribution in [0, 0.1) is 6.42 Å². The van der Waals surface area contributed by atoms with Crippen molar-refractivity contribution in [1.29, 1.82) is 0 Å². The summed E-state index contributed by atoms with van der Waals surface area (Å²) in [6.45, 7) is 6.52. The second-order valence-corrected chi connectivity index (χ2v) is 6.83. The van der Waals surface area contributed by atoms with E-state index in [0.717, 1.165) is 32.4 Å². The summed E-state index contributed by atoms with van der Waals surface area (Å²) in [6, 6.07) is 7.62. The van der Waals surface area contributed by atoms with E-state index in [-0.39, 0.29) is 11.4 Å². The van der Waals surface area contributed by atoms with Crippen LogP contribution in [0.25, 0.3) is 0 Å². The van der Waals surface area contributed by atoms with Crippen LogP contribution in [0.1, 0.15) is 51.0 Å². The molecule has 1 heterocycles. The number of primary amides is 1. The average molecular weight is 303 g/mol. The summed E-state index contributed by atoms with van der Waals surface area (Å²) in [5.41, 5.74) is 6.48. The number of phenolic OH excluding ortho intramolecular Hbond substituents is 1. The van der Waals surface area contributed by atoms with Crippen molar-refractivity contribution in [3.63, 3.8) is 0 Å². The molecule has 0 atom stereocenters. The minimum absolute atomic E-state index is 0.0548. The highest BCUT2D eigenvalue weighted by atomic mass is 16.3. The number of piperidine rings is 1. The zero-order valence-corrected chi connectivity index (χ0v) is 13.6. The number of aromatic hydroxyl groups is 1. The van der Waals surface area contributed by atoms with E-state index in [9.17, 15) is 9.90 Å². The number of benzene rings is 1. The lowest BCUT2D eigenvalue weighted by molar-refractivity contribution is -0.117. The Balaban J connectivity index is 1.87. The number of likely N-dealkylation sites (tertiary alicyclic amines) is 1. The van der Waals surface area contributed by atoms with Crippen molar-refractivity contribution in [1.82, 2.24) is 4.90 Å². The van der Waals surface area contributed by atoms with Crippen molar-refractivity contribution >= 4 is 5.91 Å². The Morgan fingerprint density at radius 1 is 1.41 bits per heavy atom. The van der Waals surface area contributed by atoms with Crippen molar-refractivity contribution in [2.75, 3.05) is 13.1 Å². The Labute approximate surface area is 133 Å². The van der Waals surface area contributed by atoms with Gasteiger partial charge in [-0.1, -0.05) is 12.1 Å². The van der Waals surface area contributed by atoms with E-state index >= 15 is 0 Å². The summed E-state index contributed by atoms with van der Waals surface area (Å²) < 4.78 is 0. The van der Waals surface area contributed by atoms with Crippen LogP contribution in [-0.2, 0) is 4.79 Å². The largest absolute Gasteiger partial charge is 0.508 e. The Morgan fingerprint density at radius 2 is 2.09 bits per heavy atom. The fourth-order valence-electron chi connectivity index (χ4n) is 3.29. The first kappa shape index (κ1) is 16.8. The van der Waals surface area contributed by atoms with Crippen LogP contribution in [-0.4, -0.2) is 34.5 Å². The number of carbonyl (C=O) groups excluding carboxylic acids is 1. The van der Waals surface area contributed by atoms with Gasteiger partial charge in [0.2, 0.25) is 5.91 Å². The van der Waals surface area contributed by atoms with Crippen LogP contribution < -0.4 is 5.73 Å². The van der Waals surface area contributed by atoms with Crippen molar-refractivity contribution in [3.05, 3.63) is 36.2 Å². The smallest absolute Gasteiger partial charge is 0.217 e. The number of phenols is 1. The highest BCUT2D eigenvalue weighted by Crippen LogP contribution is 2.33. The Morgan fingerprint density at radius 3 is 2.68 bits per heavy atom. The van der Waals surface area contributed by atoms with Crippen molar-refractivity contribution in [2.45, 2.75) is 51.0 Å². The molecule has 1 aliphatic rings. The first-order valence-electron chi connectivity index (χ1n) is 8.02. The molecule has 1 aliphatic heterocycles. The molecular formula is C18H27N2O2. The molecular weight excluding hydrogens is 276 g/mol. The first-order valence-corrected chi connectivity index (χ1v) is 8.02. The molecule has 0 unspecified atom stereocenters. The van der Waals surface area contributed by atoms with Crippen molar-refractivity contribution < 1.29 is 9.90 Å². The molecule has 0 spiro atoms. The normalized spacial score (nSPS) is 17.5. The fourth-order valence-corrected chi connectivity index (χ4v) is 3.29. The van der Waals surface area contributed by atoms with Gasteiger partial charge in [0.15, 0.2) is 0 Å². The van der Waals surface area contributed by atoms with E-state index in [1.807, 2.05) is 18.6 Å². The van der Waals surface area contributed by atoms with Gasteiger partial charge in [-0.15, -0.1) is 0 Å². The molecule has 2 rings (SSSR count). The minimum Gasteiger partial charge on any atom is -0.508 e. The highest BCUT2D eigenvalue weighted by Gasteiger charge is 2.30. The maximum Gasteiger partial charge on any atom is 0.217 e. The quantitative estimate of drug-likeness (QED) is 0.849. The van der Waals surface area contributed by atoms with E-state index in [4.69, 9.17) is 5.73 Å². The lowest BCUT2D eigenvalue weighted by atomic mass is 9.85. The van der Waals surface area contributed by atoms with Crippen LogP contribution >= 0.6 is 0 Å². The summed E-state index contributed by atoms with van der Waals surface area (Å²) in [7, 11) is 0. The van der Waals surface area contributed by atoms with E-state index in [1.54, 1.807) is 6.07 Å². The van der Waals surface area contributed by atoms with Crippen LogP contribution in [0.2, 0.25) is 0 Å². The van der Waals surface area contributed by atoms with Gasteiger partial charge in [0.25, 0.3) is 0 Å². The first-order chi connectivity index (χ1) is 10.4. The molecule has 1 radical (unpaired) electrons. The number of carbonyl (C=O) groups is 1. The van der Waals surface area contributed by atoms with Gasteiger partial charge < -0.3 is 10.8 Å². The van der Waals surface area contributed by atoms with Gasteiger partial charge in [0, 0.05) is 12.0 Å². The van der Waals surface area contributed by atoms with Gasteiger partial charge in [0.1, 0.15) is 5.75 Å². The number of hydrogen-bond acceptors (Lipinski definition) is 3. The van der Waals surface area contributed by atoms with E-state index in [0.29, 0.717) is 18.1 Å². The molecule has 1 fully saturated rings. The Hall–Kier alpha value is -1.55. The molecule has 0 aromatic heterocycles. The number of rotatable bonds is 6. The van der Waals surface area contributed by atoms with Gasteiger partial charge >= 0.3 is 0 Å². The second-order valence-electron chi connectivity index (χ2n) is 6.83. The zero-order valence-electron chi connectivity index (χ0n) is 13.6. The van der Waals surface area contributed by atoms with Gasteiger partial charge in [-0.05, 0) is 76.2 Å². The van der Waals surface area contributed by atoms with Gasteiger partial charge in [-0.25, -0.2) is 0 Å². The molecule has 0 saturated carbocycles. The van der Waals surface area contributed by atoms with Crippen molar-refractivity contribution in [3.8, 4) is 5.75 Å². The van der Waals surface area contributed by atoms with Gasteiger partial charge in [-0.3, -0.25) is 9.69 Å². The summed E-state index contributed by atoms with van der Waals surface area (Å²) in [4.78, 5) is 13.3. The molecule has 4 nitrogen and oxygen atoms in total. The predicted molar refractivity (Wildman–Crippen MR) is 88.5 cm³/mol. The zero-order chi connectivity index (χ0) is 16.2. The summed E-state index contributed by atoms with van der Waals surface area (Å²) in [6.07, 6.45) is 5.41. The molecule has 1 amide bonds. The van der Waals surface area contributed by atoms with E-state index < -0.39 is 0 Å². The summed E-state index contributed by atoms with van der Waals surface area (Å²) in [5, 5.41) is 9.61. The average Bonchev–Trinajstić information content (AvgIpc) is 2.47. The monoisotopic (exact) mass is 303 g/mol. The third-order valence-corrected chi connectivity index (χ3v) is 4.68. The third-order valence-electron chi connectivity index (χ3n) is 4.68. The third kappa shape index (κ3) is 4.47. The molecule has 1 aromatic carbocycles. The lowest BCUT2D eigenvalue weighted by Crippen LogP contribution is -2.48. The second kappa shape index (κ2) is 7.14. The number of nitrogens with two attached hydrogens (primary N) is 1. The molecule has 1 saturated heterocycles. The molecule has 4 heteroatoms. The van der Waals surface area contributed by atoms with Gasteiger partial charge in [0.05, 0.1) is 0 Å². The number of nitrogens with zero attached hydrogens (tertiary/aromatic N) is 1. The molecule has 0 bridgehead atoms. The topological polar surface area (TPSA) is 66.6 Å². The molecule has 121 valence electrons. The van der Waals surface area contributed by atoms with Gasteiger partial charge in [-0.2, -0.15) is 0 Å². The van der Waals surface area contributed by atoms with Crippen LogP contribution in [0.5, 0.6) is 5.75 Å². The van der Waals surface area contributed by atoms with Crippen LogP contribution in [0.3, 0.4) is 0 Å². The number of amides is 1. The minimum atomic E-state index is -0.265. The van der Waals surface area contributed by atoms with Crippen LogP contribution in [0.15, 0.2) is 24.3 Å². The SMILES string of the molecule is CC(C)(C[CH]CC(N)=O)N1CCC(c2cccc(O)c2)CC1. The summed E-state index contributed by atoms with van der Waals surface area (Å²) >= 11 is 0. The number of hydrogen-bond donors (Lipinski definition) is 2. The Bertz CT molecular complexity index is 506. The molecule has 3 N–H and O–H groups in total. The molecule has 1 aromatic rings. The van der Waals surface area contributed by atoms with Crippen molar-refractivity contribution in [2.24, 2.45) is 5.73 Å². The Kier molecular flexibility index (Phi) is 5.46. The highest BCUT2D eigenvalue weighted by molar-refractivity contribution is 5.74. The van der Waals surface area contributed by atoms with E-state index in [1.165, 1.54) is 5.56 Å².